The van der Waals surface area contributed by atoms with Crippen LogP contribution in [0.2, 0.25) is 0 Å². The van der Waals surface area contributed by atoms with Crippen molar-refractivity contribution in [1.29, 1.82) is 0 Å². The van der Waals surface area contributed by atoms with Gasteiger partial charge in [0.15, 0.2) is 0 Å². The van der Waals surface area contributed by atoms with Crippen LogP contribution in [-0.4, -0.2) is 50.1 Å². The number of anilines is 1. The summed E-state index contributed by atoms with van der Waals surface area (Å²) in [6.45, 7) is 0.923. The molecule has 3 heterocycles. The SMILES string of the molecule is O=C(NNC(=O)C1CCN(c2ccc(C(F)(F)F)cn2)CC1)c1ccc(-n2cnnn2)cc1. The molecular weight excluding hydrogens is 441 g/mol. The highest BCUT2D eigenvalue weighted by atomic mass is 19.4. The molecule has 0 unspecified atom stereocenters. The Balaban J connectivity index is 1.25. The van der Waals surface area contributed by atoms with Crippen molar-refractivity contribution in [1.82, 2.24) is 36.0 Å². The third kappa shape index (κ3) is 5.25. The lowest BCUT2D eigenvalue weighted by Crippen LogP contribution is -2.47. The Hall–Kier alpha value is -4.03. The average molecular weight is 460 g/mol. The minimum Gasteiger partial charge on any atom is -0.357 e. The molecule has 0 aliphatic carbocycles. The number of halogens is 3. The molecule has 3 aromatic rings. The largest absolute Gasteiger partial charge is 0.417 e. The van der Waals surface area contributed by atoms with Crippen LogP contribution < -0.4 is 15.8 Å². The molecule has 1 saturated heterocycles. The van der Waals surface area contributed by atoms with Gasteiger partial charge in [-0.15, -0.1) is 5.10 Å². The van der Waals surface area contributed by atoms with Gasteiger partial charge in [0.05, 0.1) is 11.3 Å². The predicted molar refractivity (Wildman–Crippen MR) is 109 cm³/mol. The maximum atomic E-state index is 12.7. The van der Waals surface area contributed by atoms with E-state index in [0.29, 0.717) is 43.0 Å². The number of tetrazole rings is 1. The summed E-state index contributed by atoms with van der Waals surface area (Å²) < 4.78 is 39.5. The molecule has 0 atom stereocenters. The standard InChI is InChI=1S/C20H19F3N8O2/c21-20(22,23)15-3-6-17(24-11-15)30-9-7-14(8-10-30)19(33)27-26-18(32)13-1-4-16(5-2-13)31-12-25-28-29-31/h1-6,11-12,14H,7-10H2,(H,26,32)(H,27,33). The Morgan fingerprint density at radius 2 is 1.73 bits per heavy atom. The van der Waals surface area contributed by atoms with Gasteiger partial charge >= 0.3 is 6.18 Å². The number of pyridine rings is 1. The van der Waals surface area contributed by atoms with Crippen LogP contribution in [0.25, 0.3) is 5.69 Å². The molecule has 0 saturated carbocycles. The Bertz CT molecular complexity index is 1090. The third-order valence-corrected chi connectivity index (χ3v) is 5.31. The van der Waals surface area contributed by atoms with E-state index in [2.05, 4.69) is 31.4 Å². The molecule has 13 heteroatoms. The number of benzene rings is 1. The van der Waals surface area contributed by atoms with E-state index in [9.17, 15) is 22.8 Å². The van der Waals surface area contributed by atoms with Crippen molar-refractivity contribution in [3.63, 3.8) is 0 Å². The summed E-state index contributed by atoms with van der Waals surface area (Å²) >= 11 is 0. The van der Waals surface area contributed by atoms with Crippen LogP contribution in [-0.2, 0) is 11.0 Å². The highest BCUT2D eigenvalue weighted by molar-refractivity contribution is 5.95. The zero-order valence-corrected chi connectivity index (χ0v) is 17.2. The Labute approximate surface area is 185 Å². The lowest BCUT2D eigenvalue weighted by Gasteiger charge is -2.32. The number of aromatic nitrogens is 5. The smallest absolute Gasteiger partial charge is 0.357 e. The first-order chi connectivity index (χ1) is 15.8. The highest BCUT2D eigenvalue weighted by Gasteiger charge is 2.31. The summed E-state index contributed by atoms with van der Waals surface area (Å²) in [6, 6.07) is 8.80. The monoisotopic (exact) mass is 460 g/mol. The van der Waals surface area contributed by atoms with Crippen molar-refractivity contribution in [2.75, 3.05) is 18.0 Å². The third-order valence-electron chi connectivity index (χ3n) is 5.31. The Morgan fingerprint density at radius 1 is 1.00 bits per heavy atom. The normalized spacial score (nSPS) is 14.7. The second kappa shape index (κ2) is 9.22. The van der Waals surface area contributed by atoms with Gasteiger partial charge in [-0.1, -0.05) is 0 Å². The molecule has 0 radical (unpaired) electrons. The number of alkyl halides is 3. The molecule has 2 aromatic heterocycles. The predicted octanol–water partition coefficient (Wildman–Crippen LogP) is 1.75. The van der Waals surface area contributed by atoms with Crippen molar-refractivity contribution in [2.45, 2.75) is 19.0 Å². The quantitative estimate of drug-likeness (QED) is 0.570. The lowest BCUT2D eigenvalue weighted by atomic mass is 9.96. The van der Waals surface area contributed by atoms with Crippen LogP contribution in [0, 0.1) is 5.92 Å². The Kier molecular flexibility index (Phi) is 6.20. The molecule has 1 fully saturated rings. The van der Waals surface area contributed by atoms with Crippen LogP contribution in [0.4, 0.5) is 19.0 Å². The highest BCUT2D eigenvalue weighted by Crippen LogP contribution is 2.30. The number of amides is 2. The van der Waals surface area contributed by atoms with E-state index < -0.39 is 17.6 Å². The van der Waals surface area contributed by atoms with Gasteiger partial charge in [-0.2, -0.15) is 13.2 Å². The van der Waals surface area contributed by atoms with Gasteiger partial charge in [-0.3, -0.25) is 20.4 Å². The van der Waals surface area contributed by atoms with E-state index in [0.717, 1.165) is 12.3 Å². The molecule has 172 valence electrons. The number of rotatable bonds is 4. The number of hydrazine groups is 1. The average Bonchev–Trinajstić information content (AvgIpc) is 3.37. The van der Waals surface area contributed by atoms with Gasteiger partial charge in [0, 0.05) is 30.8 Å². The molecular formula is C20H19F3N8O2. The minimum atomic E-state index is -4.43. The van der Waals surface area contributed by atoms with Crippen molar-refractivity contribution >= 4 is 17.6 Å². The molecule has 0 spiro atoms. The summed E-state index contributed by atoms with van der Waals surface area (Å²) in [5.41, 5.74) is 5.05. The van der Waals surface area contributed by atoms with Crippen LogP contribution in [0.1, 0.15) is 28.8 Å². The first-order valence-electron chi connectivity index (χ1n) is 10.0. The van der Waals surface area contributed by atoms with Crippen molar-refractivity contribution in [3.05, 3.63) is 60.0 Å². The van der Waals surface area contributed by atoms with Crippen molar-refractivity contribution in [3.8, 4) is 5.69 Å². The maximum Gasteiger partial charge on any atom is 0.417 e. The summed E-state index contributed by atoms with van der Waals surface area (Å²) in [6.07, 6.45) is -1.25. The minimum absolute atomic E-state index is 0.325. The fraction of sp³-hybridized carbons (Fsp3) is 0.300. The summed E-state index contributed by atoms with van der Waals surface area (Å²) in [4.78, 5) is 30.4. The van der Waals surface area contributed by atoms with Crippen molar-refractivity contribution < 1.29 is 22.8 Å². The molecule has 1 aliphatic heterocycles. The van der Waals surface area contributed by atoms with E-state index in [1.807, 2.05) is 4.90 Å². The number of hydrogen-bond donors (Lipinski definition) is 2. The van der Waals surface area contributed by atoms with E-state index >= 15 is 0 Å². The van der Waals surface area contributed by atoms with Gasteiger partial charge in [-0.05, 0) is 59.7 Å². The van der Waals surface area contributed by atoms with Gasteiger partial charge in [-0.25, -0.2) is 9.67 Å². The molecule has 1 aliphatic rings. The second-order valence-electron chi connectivity index (χ2n) is 7.41. The lowest BCUT2D eigenvalue weighted by molar-refractivity contribution is -0.137. The number of nitrogens with one attached hydrogen (secondary N) is 2. The van der Waals surface area contributed by atoms with Gasteiger partial charge in [0.2, 0.25) is 5.91 Å². The molecule has 33 heavy (non-hydrogen) atoms. The van der Waals surface area contributed by atoms with E-state index in [1.165, 1.54) is 17.1 Å². The number of hydrogen-bond acceptors (Lipinski definition) is 7. The van der Waals surface area contributed by atoms with Crippen LogP contribution >= 0.6 is 0 Å². The summed E-state index contributed by atoms with van der Waals surface area (Å²) in [5, 5.41) is 10.8. The number of piperidine rings is 1. The molecule has 2 amide bonds. The first kappa shape index (κ1) is 22.2. The summed E-state index contributed by atoms with van der Waals surface area (Å²) in [5.74, 6) is -0.704. The number of nitrogens with zero attached hydrogens (tertiary/aromatic N) is 6. The van der Waals surface area contributed by atoms with Crippen molar-refractivity contribution in [2.24, 2.45) is 5.92 Å². The molecule has 2 N–H and O–H groups in total. The van der Waals surface area contributed by atoms with E-state index in [1.54, 1.807) is 24.3 Å². The van der Waals surface area contributed by atoms with Gasteiger partial charge < -0.3 is 4.90 Å². The molecule has 0 bridgehead atoms. The molecule has 1 aromatic carbocycles. The summed E-state index contributed by atoms with van der Waals surface area (Å²) in [7, 11) is 0. The second-order valence-corrected chi connectivity index (χ2v) is 7.41. The van der Waals surface area contributed by atoms with Gasteiger partial charge in [0.25, 0.3) is 5.91 Å². The van der Waals surface area contributed by atoms with E-state index in [-0.39, 0.29) is 11.8 Å². The zero-order chi connectivity index (χ0) is 23.4. The fourth-order valence-electron chi connectivity index (χ4n) is 3.45. The number of carbonyl (C=O) groups is 2. The molecule has 4 rings (SSSR count). The zero-order valence-electron chi connectivity index (χ0n) is 17.2. The first-order valence-corrected chi connectivity index (χ1v) is 10.0. The molecule has 10 nitrogen and oxygen atoms in total. The fourth-order valence-corrected chi connectivity index (χ4v) is 3.45. The van der Waals surface area contributed by atoms with E-state index in [4.69, 9.17) is 0 Å². The topological polar surface area (TPSA) is 118 Å². The van der Waals surface area contributed by atoms with Crippen LogP contribution in [0.15, 0.2) is 48.9 Å². The van der Waals surface area contributed by atoms with Crippen LogP contribution in [0.3, 0.4) is 0 Å². The number of carbonyl (C=O) groups excluding carboxylic acids is 2. The van der Waals surface area contributed by atoms with Gasteiger partial charge in [0.1, 0.15) is 12.1 Å². The maximum absolute atomic E-state index is 12.7. The Morgan fingerprint density at radius 3 is 2.30 bits per heavy atom. The van der Waals surface area contributed by atoms with Crippen LogP contribution in [0.5, 0.6) is 0 Å².